The summed E-state index contributed by atoms with van der Waals surface area (Å²) in [7, 11) is 0. The number of likely N-dealkylation sites (tertiary alicyclic amines) is 1. The molecule has 1 saturated heterocycles. The molecule has 104 valence electrons. The van der Waals surface area contributed by atoms with Crippen LogP contribution < -0.4 is 5.32 Å². The van der Waals surface area contributed by atoms with Crippen LogP contribution in [-0.2, 0) is 0 Å². The van der Waals surface area contributed by atoms with Crippen molar-refractivity contribution in [2.75, 3.05) is 13.2 Å². The summed E-state index contributed by atoms with van der Waals surface area (Å²) >= 11 is 0. The minimum Gasteiger partial charge on any atom is -0.396 e. The molecule has 2 amide bonds. The van der Waals surface area contributed by atoms with Crippen LogP contribution in [0, 0.1) is 5.92 Å². The quantitative estimate of drug-likeness (QED) is 0.807. The number of carbonyl (C=O) groups is 1. The Hall–Kier alpha value is -0.770. The SMILES string of the molecule is CC(NC(=O)N1CCCCC1CCO)C1CCC1. The molecule has 1 aliphatic carbocycles. The van der Waals surface area contributed by atoms with E-state index in [1.54, 1.807) is 0 Å². The fourth-order valence-corrected chi connectivity index (χ4v) is 3.05. The minimum atomic E-state index is 0.0764. The standard InChI is InChI=1S/C14H26N2O2/c1-11(12-5-4-6-12)15-14(18)16-9-3-2-7-13(16)8-10-17/h11-13,17H,2-10H2,1H3,(H,15,18). The molecule has 1 heterocycles. The van der Waals surface area contributed by atoms with Crippen molar-refractivity contribution in [3.63, 3.8) is 0 Å². The summed E-state index contributed by atoms with van der Waals surface area (Å²) in [6, 6.07) is 0.604. The minimum absolute atomic E-state index is 0.0764. The summed E-state index contributed by atoms with van der Waals surface area (Å²) in [5.41, 5.74) is 0. The van der Waals surface area contributed by atoms with E-state index >= 15 is 0 Å². The fraction of sp³-hybridized carbons (Fsp3) is 0.929. The Morgan fingerprint density at radius 2 is 2.11 bits per heavy atom. The molecule has 0 radical (unpaired) electrons. The van der Waals surface area contributed by atoms with Gasteiger partial charge in [-0.25, -0.2) is 4.79 Å². The van der Waals surface area contributed by atoms with E-state index in [0.717, 1.165) is 19.4 Å². The molecule has 2 N–H and O–H groups in total. The third-order valence-electron chi connectivity index (χ3n) is 4.56. The summed E-state index contributed by atoms with van der Waals surface area (Å²) in [4.78, 5) is 14.2. The number of hydrogen-bond acceptors (Lipinski definition) is 2. The number of aliphatic hydroxyl groups is 1. The first-order valence-corrected chi connectivity index (χ1v) is 7.40. The maximum absolute atomic E-state index is 12.3. The largest absolute Gasteiger partial charge is 0.396 e. The van der Waals surface area contributed by atoms with Crippen LogP contribution in [0.15, 0.2) is 0 Å². The van der Waals surface area contributed by atoms with E-state index in [0.29, 0.717) is 18.4 Å². The molecule has 2 fully saturated rings. The van der Waals surface area contributed by atoms with Gasteiger partial charge in [0, 0.05) is 25.2 Å². The average Bonchev–Trinajstić information content (AvgIpc) is 2.27. The van der Waals surface area contributed by atoms with Gasteiger partial charge in [-0.1, -0.05) is 6.42 Å². The lowest BCUT2D eigenvalue weighted by Crippen LogP contribution is -2.52. The van der Waals surface area contributed by atoms with E-state index < -0.39 is 0 Å². The van der Waals surface area contributed by atoms with Gasteiger partial charge >= 0.3 is 6.03 Å². The Morgan fingerprint density at radius 1 is 1.33 bits per heavy atom. The number of carbonyl (C=O) groups excluding carboxylic acids is 1. The van der Waals surface area contributed by atoms with Crippen LogP contribution in [0.1, 0.15) is 51.9 Å². The Morgan fingerprint density at radius 3 is 2.72 bits per heavy atom. The van der Waals surface area contributed by atoms with Crippen molar-refractivity contribution in [3.05, 3.63) is 0 Å². The Bertz CT molecular complexity index is 277. The summed E-state index contributed by atoms with van der Waals surface area (Å²) in [6.45, 7) is 3.13. The zero-order valence-corrected chi connectivity index (χ0v) is 11.4. The fourth-order valence-electron chi connectivity index (χ4n) is 3.05. The second-order valence-corrected chi connectivity index (χ2v) is 5.78. The van der Waals surface area contributed by atoms with E-state index in [1.807, 2.05) is 4.90 Å². The predicted molar refractivity (Wildman–Crippen MR) is 71.4 cm³/mol. The average molecular weight is 254 g/mol. The molecule has 0 spiro atoms. The predicted octanol–water partition coefficient (Wildman–Crippen LogP) is 2.12. The van der Waals surface area contributed by atoms with E-state index in [4.69, 9.17) is 5.11 Å². The lowest BCUT2D eigenvalue weighted by molar-refractivity contribution is 0.124. The van der Waals surface area contributed by atoms with Gasteiger partial charge < -0.3 is 15.3 Å². The van der Waals surface area contributed by atoms with E-state index in [2.05, 4.69) is 12.2 Å². The molecular formula is C14H26N2O2. The highest BCUT2D eigenvalue weighted by molar-refractivity contribution is 5.75. The van der Waals surface area contributed by atoms with E-state index in [9.17, 15) is 4.79 Å². The van der Waals surface area contributed by atoms with Gasteiger partial charge in [0.05, 0.1) is 0 Å². The van der Waals surface area contributed by atoms with Crippen molar-refractivity contribution in [2.24, 2.45) is 5.92 Å². The zero-order valence-electron chi connectivity index (χ0n) is 11.4. The molecule has 4 nitrogen and oxygen atoms in total. The number of hydrogen-bond donors (Lipinski definition) is 2. The number of nitrogens with zero attached hydrogens (tertiary/aromatic N) is 1. The van der Waals surface area contributed by atoms with Crippen LogP contribution in [0.25, 0.3) is 0 Å². The smallest absolute Gasteiger partial charge is 0.317 e. The molecule has 0 aromatic rings. The molecule has 0 aromatic heterocycles. The van der Waals surface area contributed by atoms with Crippen molar-refractivity contribution >= 4 is 6.03 Å². The molecule has 18 heavy (non-hydrogen) atoms. The second-order valence-electron chi connectivity index (χ2n) is 5.78. The van der Waals surface area contributed by atoms with Gasteiger partial charge in [-0.3, -0.25) is 0 Å². The van der Waals surface area contributed by atoms with Crippen LogP contribution in [0.2, 0.25) is 0 Å². The maximum Gasteiger partial charge on any atom is 0.317 e. The Kier molecular flexibility index (Phi) is 4.87. The van der Waals surface area contributed by atoms with Crippen LogP contribution in [0.5, 0.6) is 0 Å². The highest BCUT2D eigenvalue weighted by Gasteiger charge is 2.30. The van der Waals surface area contributed by atoms with E-state index in [-0.39, 0.29) is 18.7 Å². The lowest BCUT2D eigenvalue weighted by atomic mass is 9.80. The number of piperidine rings is 1. The number of urea groups is 1. The molecule has 2 aliphatic rings. The van der Waals surface area contributed by atoms with Crippen molar-refractivity contribution < 1.29 is 9.90 Å². The van der Waals surface area contributed by atoms with Crippen LogP contribution in [0.3, 0.4) is 0 Å². The molecule has 2 rings (SSSR count). The number of nitrogens with one attached hydrogen (secondary N) is 1. The Labute approximate surface area is 110 Å². The first-order valence-electron chi connectivity index (χ1n) is 7.40. The van der Waals surface area contributed by atoms with Crippen molar-refractivity contribution in [1.82, 2.24) is 10.2 Å². The van der Waals surface area contributed by atoms with Crippen LogP contribution in [-0.4, -0.2) is 41.3 Å². The Balaban J connectivity index is 1.84. The number of rotatable bonds is 4. The zero-order chi connectivity index (χ0) is 13.0. The van der Waals surface area contributed by atoms with Gasteiger partial charge in [0.2, 0.25) is 0 Å². The molecule has 0 aromatic carbocycles. The summed E-state index contributed by atoms with van der Waals surface area (Å²) in [5, 5.41) is 12.2. The summed E-state index contributed by atoms with van der Waals surface area (Å²) < 4.78 is 0. The molecule has 1 saturated carbocycles. The first kappa shape index (κ1) is 13.7. The van der Waals surface area contributed by atoms with Crippen molar-refractivity contribution in [1.29, 1.82) is 0 Å². The van der Waals surface area contributed by atoms with Gasteiger partial charge in [-0.05, 0) is 51.4 Å². The molecule has 2 atom stereocenters. The topological polar surface area (TPSA) is 52.6 Å². The van der Waals surface area contributed by atoms with Gasteiger partial charge in [0.25, 0.3) is 0 Å². The highest BCUT2D eigenvalue weighted by atomic mass is 16.3. The molecule has 1 aliphatic heterocycles. The maximum atomic E-state index is 12.3. The number of aliphatic hydroxyl groups excluding tert-OH is 1. The summed E-state index contributed by atoms with van der Waals surface area (Å²) in [6.07, 6.45) is 7.82. The van der Waals surface area contributed by atoms with Gasteiger partial charge in [-0.15, -0.1) is 0 Å². The van der Waals surface area contributed by atoms with Gasteiger partial charge in [0.1, 0.15) is 0 Å². The highest BCUT2D eigenvalue weighted by Crippen LogP contribution is 2.29. The van der Waals surface area contributed by atoms with Crippen LogP contribution in [0.4, 0.5) is 4.79 Å². The van der Waals surface area contributed by atoms with Crippen molar-refractivity contribution in [2.45, 2.75) is 64.0 Å². The van der Waals surface area contributed by atoms with Crippen LogP contribution >= 0.6 is 0 Å². The lowest BCUT2D eigenvalue weighted by Gasteiger charge is -2.38. The normalized spacial score (nSPS) is 26.6. The first-order chi connectivity index (χ1) is 8.72. The third-order valence-corrected chi connectivity index (χ3v) is 4.56. The number of amides is 2. The molecular weight excluding hydrogens is 228 g/mol. The van der Waals surface area contributed by atoms with Gasteiger partial charge in [-0.2, -0.15) is 0 Å². The monoisotopic (exact) mass is 254 g/mol. The van der Waals surface area contributed by atoms with E-state index in [1.165, 1.54) is 25.7 Å². The van der Waals surface area contributed by atoms with Gasteiger partial charge in [0.15, 0.2) is 0 Å². The van der Waals surface area contributed by atoms with Crippen molar-refractivity contribution in [3.8, 4) is 0 Å². The molecule has 2 unspecified atom stereocenters. The molecule has 0 bridgehead atoms. The second kappa shape index (κ2) is 6.41. The summed E-state index contributed by atoms with van der Waals surface area (Å²) in [5.74, 6) is 0.676. The molecule has 4 heteroatoms. The third kappa shape index (κ3) is 3.16.